The van der Waals surface area contributed by atoms with Crippen LogP contribution < -0.4 is 9.47 Å². The van der Waals surface area contributed by atoms with E-state index in [4.69, 9.17) is 9.47 Å². The summed E-state index contributed by atoms with van der Waals surface area (Å²) in [6.45, 7) is 7.57. The lowest BCUT2D eigenvalue weighted by Gasteiger charge is -2.32. The summed E-state index contributed by atoms with van der Waals surface area (Å²) in [5.74, 6) is 1.80. The van der Waals surface area contributed by atoms with Crippen LogP contribution in [0.2, 0.25) is 0 Å². The molecule has 0 aliphatic carbocycles. The molecule has 158 valence electrons. The molecule has 0 bridgehead atoms. The molecule has 0 saturated carbocycles. The Hall–Kier alpha value is -2.04. The van der Waals surface area contributed by atoms with Gasteiger partial charge < -0.3 is 19.3 Å². The molecule has 1 aliphatic heterocycles. The molecule has 29 heavy (non-hydrogen) atoms. The summed E-state index contributed by atoms with van der Waals surface area (Å²) in [6, 6.07) is 18.2. The molecule has 0 amide bonds. The minimum Gasteiger partial charge on any atom is -0.494 e. The molecule has 1 fully saturated rings. The van der Waals surface area contributed by atoms with E-state index in [1.807, 2.05) is 42.5 Å². The van der Waals surface area contributed by atoms with Crippen molar-refractivity contribution < 1.29 is 9.47 Å². The molecular formula is C25H36N2O2. The van der Waals surface area contributed by atoms with Crippen molar-refractivity contribution in [3.63, 3.8) is 0 Å². The molecule has 4 nitrogen and oxygen atoms in total. The molecular weight excluding hydrogens is 360 g/mol. The third-order valence-electron chi connectivity index (χ3n) is 5.56. The van der Waals surface area contributed by atoms with Crippen LogP contribution in [0, 0.1) is 0 Å². The summed E-state index contributed by atoms with van der Waals surface area (Å²) < 4.78 is 11.7. The number of hydrogen-bond acceptors (Lipinski definition) is 4. The predicted octanol–water partition coefficient (Wildman–Crippen LogP) is 4.84. The van der Waals surface area contributed by atoms with Gasteiger partial charge in [0.2, 0.25) is 0 Å². The molecule has 3 rings (SSSR count). The maximum atomic E-state index is 5.87. The Morgan fingerprint density at radius 2 is 1.31 bits per heavy atom. The van der Waals surface area contributed by atoms with Gasteiger partial charge in [-0.1, -0.05) is 49.6 Å². The van der Waals surface area contributed by atoms with E-state index in [1.54, 1.807) is 0 Å². The Kier molecular flexibility index (Phi) is 9.34. The third kappa shape index (κ3) is 8.46. The average molecular weight is 397 g/mol. The molecule has 0 atom stereocenters. The van der Waals surface area contributed by atoms with Gasteiger partial charge in [0.15, 0.2) is 0 Å². The number of rotatable bonds is 12. The zero-order chi connectivity index (χ0) is 20.2. The summed E-state index contributed by atoms with van der Waals surface area (Å²) in [7, 11) is 2.22. The van der Waals surface area contributed by atoms with E-state index < -0.39 is 0 Å². The van der Waals surface area contributed by atoms with Crippen molar-refractivity contribution in [3.05, 3.63) is 60.2 Å². The molecule has 0 radical (unpaired) electrons. The second-order valence-electron chi connectivity index (χ2n) is 8.01. The Bertz CT molecular complexity index is 667. The monoisotopic (exact) mass is 396 g/mol. The number of hydrogen-bond donors (Lipinski definition) is 0. The molecule has 2 aromatic carbocycles. The largest absolute Gasteiger partial charge is 0.494 e. The summed E-state index contributed by atoms with van der Waals surface area (Å²) in [4.78, 5) is 5.03. The SMILES string of the molecule is CN1CCN(CCCCCCCOc2ccc(OCc3ccccc3)cc2)CC1. The van der Waals surface area contributed by atoms with Crippen LogP contribution in [-0.4, -0.2) is 56.2 Å². The van der Waals surface area contributed by atoms with E-state index in [1.165, 1.54) is 64.0 Å². The van der Waals surface area contributed by atoms with Gasteiger partial charge in [0.05, 0.1) is 6.61 Å². The average Bonchev–Trinajstić information content (AvgIpc) is 2.77. The first-order valence-electron chi connectivity index (χ1n) is 11.1. The van der Waals surface area contributed by atoms with E-state index in [0.717, 1.165) is 24.5 Å². The third-order valence-corrected chi connectivity index (χ3v) is 5.56. The highest BCUT2D eigenvalue weighted by Gasteiger charge is 2.12. The summed E-state index contributed by atoms with van der Waals surface area (Å²) in [6.07, 6.45) is 6.35. The van der Waals surface area contributed by atoms with Crippen molar-refractivity contribution in [2.75, 3.05) is 46.4 Å². The first kappa shape index (κ1) is 21.7. The summed E-state index contributed by atoms with van der Waals surface area (Å²) in [5, 5.41) is 0. The highest BCUT2D eigenvalue weighted by atomic mass is 16.5. The lowest BCUT2D eigenvalue weighted by molar-refractivity contribution is 0.152. The van der Waals surface area contributed by atoms with Gasteiger partial charge in [-0.25, -0.2) is 0 Å². The number of nitrogens with zero attached hydrogens (tertiary/aromatic N) is 2. The Labute approximate surface area is 176 Å². The van der Waals surface area contributed by atoms with Gasteiger partial charge in [-0.3, -0.25) is 0 Å². The van der Waals surface area contributed by atoms with E-state index in [-0.39, 0.29) is 0 Å². The van der Waals surface area contributed by atoms with Crippen LogP contribution in [0.15, 0.2) is 54.6 Å². The number of ether oxygens (including phenoxy) is 2. The fourth-order valence-electron chi connectivity index (χ4n) is 3.60. The number of benzene rings is 2. The normalized spacial score (nSPS) is 15.3. The van der Waals surface area contributed by atoms with Crippen LogP contribution in [0.4, 0.5) is 0 Å². The van der Waals surface area contributed by atoms with Crippen LogP contribution in [0.3, 0.4) is 0 Å². The van der Waals surface area contributed by atoms with Crippen LogP contribution in [0.5, 0.6) is 11.5 Å². The van der Waals surface area contributed by atoms with Crippen molar-refractivity contribution in [2.45, 2.75) is 38.7 Å². The minimum absolute atomic E-state index is 0.593. The number of likely N-dealkylation sites (N-methyl/N-ethyl adjacent to an activating group) is 1. The maximum absolute atomic E-state index is 5.87. The molecule has 0 spiro atoms. The smallest absolute Gasteiger partial charge is 0.120 e. The maximum Gasteiger partial charge on any atom is 0.120 e. The first-order valence-corrected chi connectivity index (χ1v) is 11.1. The fraction of sp³-hybridized carbons (Fsp3) is 0.520. The van der Waals surface area contributed by atoms with Crippen LogP contribution in [-0.2, 0) is 6.61 Å². The molecule has 0 aromatic heterocycles. The van der Waals surface area contributed by atoms with Gasteiger partial charge in [0, 0.05) is 26.2 Å². The molecule has 1 aliphatic rings. The Morgan fingerprint density at radius 1 is 0.690 bits per heavy atom. The predicted molar refractivity (Wildman–Crippen MR) is 120 cm³/mol. The van der Waals surface area contributed by atoms with E-state index in [2.05, 4.69) is 29.0 Å². The number of piperazine rings is 1. The summed E-state index contributed by atoms with van der Waals surface area (Å²) >= 11 is 0. The molecule has 0 unspecified atom stereocenters. The van der Waals surface area contributed by atoms with Crippen molar-refractivity contribution in [1.82, 2.24) is 9.80 Å². The second-order valence-corrected chi connectivity index (χ2v) is 8.01. The van der Waals surface area contributed by atoms with E-state index in [9.17, 15) is 0 Å². The highest BCUT2D eigenvalue weighted by Crippen LogP contribution is 2.19. The van der Waals surface area contributed by atoms with Gasteiger partial charge in [-0.2, -0.15) is 0 Å². The zero-order valence-electron chi connectivity index (χ0n) is 17.9. The van der Waals surface area contributed by atoms with Crippen molar-refractivity contribution in [1.29, 1.82) is 0 Å². The van der Waals surface area contributed by atoms with Gasteiger partial charge in [-0.05, 0) is 56.3 Å². The standard InChI is InChI=1S/C25H36N2O2/c1-26-17-19-27(20-18-26)16-8-3-2-4-9-21-28-24-12-14-25(15-13-24)29-22-23-10-6-5-7-11-23/h5-7,10-15H,2-4,8-9,16-22H2,1H3. The van der Waals surface area contributed by atoms with E-state index in [0.29, 0.717) is 6.61 Å². The van der Waals surface area contributed by atoms with Gasteiger partial charge in [0.1, 0.15) is 18.1 Å². The lowest BCUT2D eigenvalue weighted by atomic mass is 10.1. The van der Waals surface area contributed by atoms with Gasteiger partial charge in [-0.15, -0.1) is 0 Å². The van der Waals surface area contributed by atoms with Crippen LogP contribution in [0.1, 0.15) is 37.7 Å². The summed E-state index contributed by atoms with van der Waals surface area (Å²) in [5.41, 5.74) is 1.18. The second kappa shape index (κ2) is 12.5. The first-order chi connectivity index (χ1) is 14.3. The highest BCUT2D eigenvalue weighted by molar-refractivity contribution is 5.31. The zero-order valence-corrected chi connectivity index (χ0v) is 17.9. The number of unbranched alkanes of at least 4 members (excludes halogenated alkanes) is 4. The Morgan fingerprint density at radius 3 is 2.03 bits per heavy atom. The molecule has 0 N–H and O–H groups in total. The molecule has 1 heterocycles. The molecule has 1 saturated heterocycles. The van der Waals surface area contributed by atoms with E-state index >= 15 is 0 Å². The lowest BCUT2D eigenvalue weighted by Crippen LogP contribution is -2.44. The Balaban J connectivity index is 1.19. The van der Waals surface area contributed by atoms with Crippen LogP contribution in [0.25, 0.3) is 0 Å². The van der Waals surface area contributed by atoms with Gasteiger partial charge >= 0.3 is 0 Å². The van der Waals surface area contributed by atoms with Crippen molar-refractivity contribution in [3.8, 4) is 11.5 Å². The van der Waals surface area contributed by atoms with Crippen molar-refractivity contribution in [2.24, 2.45) is 0 Å². The van der Waals surface area contributed by atoms with Crippen molar-refractivity contribution >= 4 is 0 Å². The van der Waals surface area contributed by atoms with Gasteiger partial charge in [0.25, 0.3) is 0 Å². The topological polar surface area (TPSA) is 24.9 Å². The quantitative estimate of drug-likeness (QED) is 0.479. The molecule has 2 aromatic rings. The fourth-order valence-corrected chi connectivity index (χ4v) is 3.60. The molecule has 4 heteroatoms. The van der Waals surface area contributed by atoms with Crippen LogP contribution >= 0.6 is 0 Å². The minimum atomic E-state index is 0.593.